The Balaban J connectivity index is 1.61. The van der Waals surface area contributed by atoms with E-state index in [1.54, 1.807) is 17.6 Å². The summed E-state index contributed by atoms with van der Waals surface area (Å²) in [6, 6.07) is 9.71. The number of aromatic nitrogens is 1. The maximum Gasteiger partial charge on any atom is 0.264 e. The fourth-order valence-corrected chi connectivity index (χ4v) is 5.03. The largest absolute Gasteiger partial charge is 0.349 e. The number of amides is 2. The number of piperidine rings is 1. The van der Waals surface area contributed by atoms with Gasteiger partial charge in [0.25, 0.3) is 11.5 Å². The molecule has 0 saturated carbocycles. The molecule has 1 aromatic heterocycles. The van der Waals surface area contributed by atoms with Gasteiger partial charge in [0.05, 0.1) is 5.52 Å². The Morgan fingerprint density at radius 1 is 1.11 bits per heavy atom. The Labute approximate surface area is 164 Å². The Morgan fingerprint density at radius 3 is 2.36 bits per heavy atom. The van der Waals surface area contributed by atoms with E-state index in [0.29, 0.717) is 0 Å². The van der Waals surface area contributed by atoms with Gasteiger partial charge in [-0.05, 0) is 57.0 Å². The Bertz CT molecular complexity index is 980. The number of hydrogen-bond acceptors (Lipinski definition) is 3. The summed E-state index contributed by atoms with van der Waals surface area (Å²) in [6.45, 7) is 5.52. The van der Waals surface area contributed by atoms with Crippen molar-refractivity contribution in [2.24, 2.45) is 0 Å². The van der Waals surface area contributed by atoms with Gasteiger partial charge in [-0.25, -0.2) is 0 Å². The van der Waals surface area contributed by atoms with Gasteiger partial charge >= 0.3 is 0 Å². The highest BCUT2D eigenvalue weighted by atomic mass is 16.2. The number of hydrogen-bond donors (Lipinski definition) is 1. The van der Waals surface area contributed by atoms with Crippen molar-refractivity contribution in [3.63, 3.8) is 0 Å². The number of para-hydroxylation sites is 1. The number of nitrogens with one attached hydrogen (secondary N) is 1. The highest BCUT2D eigenvalue weighted by Gasteiger charge is 2.42. The molecule has 1 N–H and O–H groups in total. The molecular weight excluding hydrogens is 354 g/mol. The lowest BCUT2D eigenvalue weighted by Crippen LogP contribution is -2.52. The minimum Gasteiger partial charge on any atom is -0.349 e. The van der Waals surface area contributed by atoms with Crippen LogP contribution < -0.4 is 10.9 Å². The van der Waals surface area contributed by atoms with Crippen LogP contribution in [0.1, 0.15) is 62.9 Å². The molecule has 2 saturated heterocycles. The van der Waals surface area contributed by atoms with Crippen LogP contribution in [0.15, 0.2) is 35.1 Å². The topological polar surface area (TPSA) is 71.4 Å². The Hall–Kier alpha value is -2.63. The van der Waals surface area contributed by atoms with E-state index in [9.17, 15) is 14.4 Å². The molecular formula is C22H27N3O3. The first-order valence-corrected chi connectivity index (χ1v) is 10.1. The van der Waals surface area contributed by atoms with Gasteiger partial charge in [-0.1, -0.05) is 18.2 Å². The molecule has 2 bridgehead atoms. The molecule has 1 unspecified atom stereocenters. The average molecular weight is 381 g/mol. The predicted octanol–water partition coefficient (Wildman–Crippen LogP) is 2.85. The summed E-state index contributed by atoms with van der Waals surface area (Å²) in [5, 5.41) is 3.96. The van der Waals surface area contributed by atoms with Crippen molar-refractivity contribution in [2.45, 2.75) is 70.6 Å². The molecule has 6 nitrogen and oxygen atoms in total. The lowest BCUT2D eigenvalue weighted by atomic mass is 9.97. The third kappa shape index (κ3) is 3.11. The molecule has 0 spiro atoms. The van der Waals surface area contributed by atoms with Crippen molar-refractivity contribution in [2.75, 3.05) is 0 Å². The molecule has 28 heavy (non-hydrogen) atoms. The van der Waals surface area contributed by atoms with Gasteiger partial charge in [-0.15, -0.1) is 0 Å². The minimum atomic E-state index is -0.314. The van der Waals surface area contributed by atoms with E-state index in [0.717, 1.165) is 36.6 Å². The van der Waals surface area contributed by atoms with Crippen molar-refractivity contribution < 1.29 is 9.59 Å². The standard InChI is InChI=1S/C22H27N3O3/c1-13(2)24-20-7-5-4-6-15(20)10-19(22(24)28)21(27)23-16-11-17-8-9-18(12-16)25(17)14(3)26/h4-7,10,13,16-18H,8-9,11-12H2,1-3H3,(H,23,27)/t16?,17-,18+. The number of carbonyl (C=O) groups excluding carboxylic acids is 2. The quantitative estimate of drug-likeness (QED) is 0.889. The average Bonchev–Trinajstić information content (AvgIpc) is 2.92. The molecule has 6 heteroatoms. The number of fused-ring (bicyclic) bond motifs is 3. The van der Waals surface area contributed by atoms with Crippen LogP contribution in [0, 0.1) is 0 Å². The SMILES string of the molecule is CC(=O)N1[C@@H]2CC[C@H]1CC(NC(=O)c1cc3ccccc3n(C(C)C)c1=O)C2. The molecule has 148 valence electrons. The lowest BCUT2D eigenvalue weighted by Gasteiger charge is -2.38. The van der Waals surface area contributed by atoms with E-state index in [1.807, 2.05) is 43.0 Å². The number of benzene rings is 1. The number of nitrogens with zero attached hydrogens (tertiary/aromatic N) is 2. The van der Waals surface area contributed by atoms with Crippen LogP contribution in [-0.2, 0) is 4.79 Å². The zero-order chi connectivity index (χ0) is 20.0. The molecule has 2 aliphatic rings. The Kier molecular flexibility index (Phi) is 4.73. The fourth-order valence-electron chi connectivity index (χ4n) is 5.03. The Morgan fingerprint density at radius 2 is 1.75 bits per heavy atom. The van der Waals surface area contributed by atoms with Crippen LogP contribution in [-0.4, -0.2) is 39.4 Å². The van der Waals surface area contributed by atoms with Crippen LogP contribution in [0.2, 0.25) is 0 Å². The van der Waals surface area contributed by atoms with Crippen LogP contribution in [0.4, 0.5) is 0 Å². The summed E-state index contributed by atoms with van der Waals surface area (Å²) >= 11 is 0. The van der Waals surface area contributed by atoms with Gasteiger partial charge in [-0.3, -0.25) is 14.4 Å². The molecule has 2 aliphatic heterocycles. The lowest BCUT2D eigenvalue weighted by molar-refractivity contribution is -0.133. The van der Waals surface area contributed by atoms with Crippen molar-refractivity contribution in [3.05, 3.63) is 46.2 Å². The first-order chi connectivity index (χ1) is 13.4. The second-order valence-corrected chi connectivity index (χ2v) is 8.34. The zero-order valence-electron chi connectivity index (χ0n) is 16.6. The number of pyridine rings is 1. The number of rotatable bonds is 3. The summed E-state index contributed by atoms with van der Waals surface area (Å²) in [6.07, 6.45) is 3.50. The van der Waals surface area contributed by atoms with Gasteiger partial charge < -0.3 is 14.8 Å². The second-order valence-electron chi connectivity index (χ2n) is 8.34. The van der Waals surface area contributed by atoms with E-state index in [1.165, 1.54) is 0 Å². The highest BCUT2D eigenvalue weighted by Crippen LogP contribution is 2.35. The summed E-state index contributed by atoms with van der Waals surface area (Å²) in [5.41, 5.74) is 0.774. The normalized spacial score (nSPS) is 24.0. The van der Waals surface area contributed by atoms with Crippen LogP contribution in [0.3, 0.4) is 0 Å². The van der Waals surface area contributed by atoms with Gasteiger partial charge in [0.1, 0.15) is 5.56 Å². The van der Waals surface area contributed by atoms with E-state index in [-0.39, 0.29) is 47.1 Å². The van der Waals surface area contributed by atoms with Crippen molar-refractivity contribution in [1.29, 1.82) is 0 Å². The van der Waals surface area contributed by atoms with Gasteiger partial charge in [0, 0.05) is 31.1 Å². The maximum atomic E-state index is 13.0. The second kappa shape index (κ2) is 7.08. The minimum absolute atomic E-state index is 0.000953. The molecule has 1 aromatic carbocycles. The first kappa shape index (κ1) is 18.7. The van der Waals surface area contributed by atoms with Gasteiger partial charge in [0.15, 0.2) is 0 Å². The van der Waals surface area contributed by atoms with Crippen LogP contribution in [0.5, 0.6) is 0 Å². The van der Waals surface area contributed by atoms with Crippen molar-refractivity contribution >= 4 is 22.7 Å². The maximum absolute atomic E-state index is 13.0. The summed E-state index contributed by atoms with van der Waals surface area (Å²) in [5.74, 6) is -0.197. The molecule has 3 atom stereocenters. The molecule has 2 amide bonds. The first-order valence-electron chi connectivity index (χ1n) is 10.1. The molecule has 3 heterocycles. The molecule has 2 aromatic rings. The molecule has 2 fully saturated rings. The molecule has 4 rings (SSSR count). The van der Waals surface area contributed by atoms with Crippen LogP contribution in [0.25, 0.3) is 10.9 Å². The molecule has 0 radical (unpaired) electrons. The summed E-state index contributed by atoms with van der Waals surface area (Å²) < 4.78 is 1.69. The van der Waals surface area contributed by atoms with Gasteiger partial charge in [-0.2, -0.15) is 0 Å². The van der Waals surface area contributed by atoms with E-state index in [4.69, 9.17) is 0 Å². The predicted molar refractivity (Wildman–Crippen MR) is 108 cm³/mol. The van der Waals surface area contributed by atoms with E-state index in [2.05, 4.69) is 5.32 Å². The number of carbonyl (C=O) groups is 2. The third-order valence-electron chi connectivity index (χ3n) is 6.14. The zero-order valence-corrected chi connectivity index (χ0v) is 16.6. The fraction of sp³-hybridized carbons (Fsp3) is 0.500. The highest BCUT2D eigenvalue weighted by molar-refractivity contribution is 5.97. The summed E-state index contributed by atoms with van der Waals surface area (Å²) in [7, 11) is 0. The smallest absolute Gasteiger partial charge is 0.264 e. The van der Waals surface area contributed by atoms with Crippen molar-refractivity contribution in [1.82, 2.24) is 14.8 Å². The van der Waals surface area contributed by atoms with E-state index >= 15 is 0 Å². The van der Waals surface area contributed by atoms with Gasteiger partial charge in [0.2, 0.25) is 5.91 Å². The molecule has 0 aliphatic carbocycles. The summed E-state index contributed by atoms with van der Waals surface area (Å²) in [4.78, 5) is 39.9. The van der Waals surface area contributed by atoms with Crippen LogP contribution >= 0.6 is 0 Å². The monoisotopic (exact) mass is 381 g/mol. The third-order valence-corrected chi connectivity index (χ3v) is 6.14. The van der Waals surface area contributed by atoms with Crippen molar-refractivity contribution in [3.8, 4) is 0 Å². The van der Waals surface area contributed by atoms with E-state index < -0.39 is 0 Å².